The molecule has 1 fully saturated rings. The molecule has 1 N–H and O–H groups in total. The molecule has 0 unspecified atom stereocenters. The molecular formula is C15H19N5OS2. The highest BCUT2D eigenvalue weighted by molar-refractivity contribution is 8.01. The van der Waals surface area contributed by atoms with Crippen molar-refractivity contribution in [1.29, 1.82) is 0 Å². The Kier molecular flexibility index (Phi) is 5.45. The molecule has 1 aliphatic rings. The normalized spacial score (nSPS) is 18.0. The summed E-state index contributed by atoms with van der Waals surface area (Å²) in [7, 11) is 0. The molecule has 8 heteroatoms. The predicted octanol–water partition coefficient (Wildman–Crippen LogP) is 2.12. The minimum Gasteiger partial charge on any atom is -0.351 e. The molecular weight excluding hydrogens is 330 g/mol. The third kappa shape index (κ3) is 4.65. The van der Waals surface area contributed by atoms with Gasteiger partial charge < -0.3 is 10.2 Å². The zero-order valence-electron chi connectivity index (χ0n) is 12.9. The van der Waals surface area contributed by atoms with Crippen molar-refractivity contribution in [1.82, 2.24) is 20.3 Å². The van der Waals surface area contributed by atoms with Crippen LogP contribution in [0.4, 0.5) is 5.95 Å². The lowest BCUT2D eigenvalue weighted by Crippen LogP contribution is -2.48. The van der Waals surface area contributed by atoms with Gasteiger partial charge in [0.2, 0.25) is 11.9 Å². The molecule has 3 rings (SSSR count). The molecule has 1 amide bonds. The second-order valence-electron chi connectivity index (χ2n) is 5.44. The zero-order chi connectivity index (χ0) is 16.1. The number of nitrogens with zero attached hydrogens (tertiary/aromatic N) is 4. The number of hydrogen-bond acceptors (Lipinski definition) is 7. The fourth-order valence-electron chi connectivity index (χ4n) is 2.53. The average Bonchev–Trinajstić information content (AvgIpc) is 3.00. The second-order valence-corrected chi connectivity index (χ2v) is 7.53. The van der Waals surface area contributed by atoms with Gasteiger partial charge in [0.1, 0.15) is 0 Å². The van der Waals surface area contributed by atoms with Gasteiger partial charge in [-0.25, -0.2) is 15.0 Å². The van der Waals surface area contributed by atoms with Gasteiger partial charge in [-0.2, -0.15) is 0 Å². The van der Waals surface area contributed by atoms with Gasteiger partial charge >= 0.3 is 0 Å². The van der Waals surface area contributed by atoms with Crippen LogP contribution in [0.3, 0.4) is 0 Å². The number of thiazole rings is 1. The Morgan fingerprint density at radius 2 is 2.30 bits per heavy atom. The van der Waals surface area contributed by atoms with Crippen molar-refractivity contribution in [3.63, 3.8) is 0 Å². The maximum Gasteiger partial charge on any atom is 0.230 e. The van der Waals surface area contributed by atoms with Crippen molar-refractivity contribution >= 4 is 35.0 Å². The van der Waals surface area contributed by atoms with Crippen LogP contribution in [0.25, 0.3) is 0 Å². The predicted molar refractivity (Wildman–Crippen MR) is 93.0 cm³/mol. The summed E-state index contributed by atoms with van der Waals surface area (Å²) in [5.74, 6) is 1.20. The van der Waals surface area contributed by atoms with Crippen LogP contribution in [-0.4, -0.2) is 45.7 Å². The lowest BCUT2D eigenvalue weighted by atomic mass is 10.1. The van der Waals surface area contributed by atoms with Gasteiger partial charge in [-0.3, -0.25) is 4.79 Å². The third-order valence-electron chi connectivity index (χ3n) is 3.55. The summed E-state index contributed by atoms with van der Waals surface area (Å²) in [6, 6.07) is 1.96. The third-order valence-corrected chi connectivity index (χ3v) is 5.69. The first kappa shape index (κ1) is 16.2. The highest BCUT2D eigenvalue weighted by atomic mass is 32.2. The summed E-state index contributed by atoms with van der Waals surface area (Å²) in [5, 5.41) is 5.11. The standard InChI is InChI=1S/C15H19N5OS2/c1-11-9-22-15(18-11)23-10-13(21)19-12-4-2-7-20(8-12)14-16-5-3-6-17-14/h3,5-6,9,12H,2,4,7-8,10H2,1H3,(H,19,21)/t12-/m1/s1. The Balaban J connectivity index is 1.48. The first-order chi connectivity index (χ1) is 11.2. The van der Waals surface area contributed by atoms with Crippen LogP contribution in [0.5, 0.6) is 0 Å². The van der Waals surface area contributed by atoms with E-state index in [0.717, 1.165) is 41.9 Å². The molecule has 0 spiro atoms. The molecule has 0 bridgehead atoms. The molecule has 1 aliphatic heterocycles. The molecule has 0 saturated carbocycles. The fourth-order valence-corrected chi connectivity index (χ4v) is 4.19. The summed E-state index contributed by atoms with van der Waals surface area (Å²) in [6.45, 7) is 3.66. The quantitative estimate of drug-likeness (QED) is 0.834. The van der Waals surface area contributed by atoms with Crippen molar-refractivity contribution in [2.75, 3.05) is 23.7 Å². The summed E-state index contributed by atoms with van der Waals surface area (Å²) in [5.41, 5.74) is 1.00. The number of hydrogen-bond donors (Lipinski definition) is 1. The lowest BCUT2D eigenvalue weighted by molar-refractivity contribution is -0.119. The summed E-state index contributed by atoms with van der Waals surface area (Å²) >= 11 is 3.07. The molecule has 2 aromatic heterocycles. The van der Waals surface area contributed by atoms with Crippen LogP contribution < -0.4 is 10.2 Å². The first-order valence-electron chi connectivity index (χ1n) is 7.57. The van der Waals surface area contributed by atoms with E-state index in [2.05, 4.69) is 25.2 Å². The Morgan fingerprint density at radius 1 is 1.48 bits per heavy atom. The number of nitrogens with one attached hydrogen (secondary N) is 1. The van der Waals surface area contributed by atoms with Gasteiger partial charge in [0.25, 0.3) is 0 Å². The Bertz CT molecular complexity index is 648. The number of aromatic nitrogens is 3. The molecule has 1 atom stereocenters. The molecule has 0 aliphatic carbocycles. The minimum absolute atomic E-state index is 0.0590. The Morgan fingerprint density at radius 3 is 3.04 bits per heavy atom. The van der Waals surface area contributed by atoms with Crippen molar-refractivity contribution in [3.05, 3.63) is 29.5 Å². The van der Waals surface area contributed by atoms with E-state index in [0.29, 0.717) is 5.75 Å². The minimum atomic E-state index is 0.0590. The van der Waals surface area contributed by atoms with Crippen molar-refractivity contribution < 1.29 is 4.79 Å². The van der Waals surface area contributed by atoms with Gasteiger partial charge in [-0.05, 0) is 25.8 Å². The summed E-state index contributed by atoms with van der Waals surface area (Å²) in [4.78, 5) is 27.2. The van der Waals surface area contributed by atoms with E-state index < -0.39 is 0 Å². The van der Waals surface area contributed by atoms with E-state index in [9.17, 15) is 4.79 Å². The van der Waals surface area contributed by atoms with Gasteiger partial charge in [-0.15, -0.1) is 11.3 Å². The summed E-state index contributed by atoms with van der Waals surface area (Å²) < 4.78 is 0.945. The number of amides is 1. The van der Waals surface area contributed by atoms with Crippen LogP contribution in [-0.2, 0) is 4.79 Å². The number of aryl methyl sites for hydroxylation is 1. The SMILES string of the molecule is Cc1csc(SCC(=O)N[C@@H]2CCCN(c3ncccn3)C2)n1. The number of anilines is 1. The monoisotopic (exact) mass is 349 g/mol. The number of carbonyl (C=O) groups is 1. The second kappa shape index (κ2) is 7.74. The van der Waals surface area contributed by atoms with E-state index in [1.807, 2.05) is 18.4 Å². The molecule has 2 aromatic rings. The average molecular weight is 349 g/mol. The maximum atomic E-state index is 12.1. The molecule has 1 saturated heterocycles. The summed E-state index contributed by atoms with van der Waals surface area (Å²) in [6.07, 6.45) is 5.52. The van der Waals surface area contributed by atoms with E-state index in [4.69, 9.17) is 0 Å². The topological polar surface area (TPSA) is 71.0 Å². The van der Waals surface area contributed by atoms with Crippen LogP contribution >= 0.6 is 23.1 Å². The van der Waals surface area contributed by atoms with Gasteiger partial charge in [-0.1, -0.05) is 11.8 Å². The maximum absolute atomic E-state index is 12.1. The number of rotatable bonds is 5. The Labute approximate surface area is 143 Å². The first-order valence-corrected chi connectivity index (χ1v) is 9.43. The van der Waals surface area contributed by atoms with Gasteiger partial charge in [0.05, 0.1) is 5.75 Å². The lowest BCUT2D eigenvalue weighted by Gasteiger charge is -2.33. The molecule has 0 aromatic carbocycles. The molecule has 0 radical (unpaired) electrons. The smallest absolute Gasteiger partial charge is 0.230 e. The molecule has 122 valence electrons. The number of piperidine rings is 1. The van der Waals surface area contributed by atoms with Crippen molar-refractivity contribution in [2.45, 2.75) is 30.1 Å². The highest BCUT2D eigenvalue weighted by Gasteiger charge is 2.22. The largest absolute Gasteiger partial charge is 0.351 e. The van der Waals surface area contributed by atoms with E-state index in [-0.39, 0.29) is 11.9 Å². The Hall–Kier alpha value is -1.67. The van der Waals surface area contributed by atoms with Crippen LogP contribution in [0, 0.1) is 6.92 Å². The number of carbonyl (C=O) groups excluding carboxylic acids is 1. The van der Waals surface area contributed by atoms with E-state index >= 15 is 0 Å². The van der Waals surface area contributed by atoms with E-state index in [1.54, 1.807) is 23.7 Å². The number of thioether (sulfide) groups is 1. The highest BCUT2D eigenvalue weighted by Crippen LogP contribution is 2.22. The molecule has 6 nitrogen and oxygen atoms in total. The van der Waals surface area contributed by atoms with Gasteiger partial charge in [0, 0.05) is 42.6 Å². The molecule has 23 heavy (non-hydrogen) atoms. The fraction of sp³-hybridized carbons (Fsp3) is 0.467. The molecule has 3 heterocycles. The zero-order valence-corrected chi connectivity index (χ0v) is 14.6. The van der Waals surface area contributed by atoms with Gasteiger partial charge in [0.15, 0.2) is 4.34 Å². The van der Waals surface area contributed by atoms with Crippen molar-refractivity contribution in [3.8, 4) is 0 Å². The van der Waals surface area contributed by atoms with Crippen molar-refractivity contribution in [2.24, 2.45) is 0 Å². The van der Waals surface area contributed by atoms with Crippen LogP contribution in [0.15, 0.2) is 28.2 Å². The van der Waals surface area contributed by atoms with Crippen LogP contribution in [0.2, 0.25) is 0 Å². The van der Waals surface area contributed by atoms with E-state index in [1.165, 1.54) is 11.8 Å². The van der Waals surface area contributed by atoms with Crippen LogP contribution in [0.1, 0.15) is 18.5 Å².